The van der Waals surface area contributed by atoms with Crippen LogP contribution in [0.3, 0.4) is 0 Å². The molecule has 0 saturated carbocycles. The molecule has 3 nitrogen and oxygen atoms in total. The Morgan fingerprint density at radius 1 is 1.09 bits per heavy atom. The molecule has 3 rings (SSSR count). The summed E-state index contributed by atoms with van der Waals surface area (Å²) in [5.74, 6) is -0.107. The maximum Gasteiger partial charge on any atom is 0.416 e. The Kier molecular flexibility index (Phi) is 3.19. The predicted molar refractivity (Wildman–Crippen MR) is 77.2 cm³/mol. The van der Waals surface area contributed by atoms with E-state index in [1.165, 1.54) is 18.2 Å². The molecule has 1 unspecified atom stereocenters. The Hall–Kier alpha value is -2.05. The van der Waals surface area contributed by atoms with E-state index < -0.39 is 17.3 Å². The van der Waals surface area contributed by atoms with Gasteiger partial charge < -0.3 is 10.8 Å². The van der Waals surface area contributed by atoms with E-state index in [4.69, 9.17) is 17.3 Å². The van der Waals surface area contributed by atoms with Crippen LogP contribution in [-0.2, 0) is 11.8 Å². The van der Waals surface area contributed by atoms with Crippen LogP contribution >= 0.6 is 11.6 Å². The molecular formula is C15H10ClF3N2O. The summed E-state index contributed by atoms with van der Waals surface area (Å²) in [6.07, 6.45) is -4.45. The highest BCUT2D eigenvalue weighted by molar-refractivity contribution is 6.30. The van der Waals surface area contributed by atoms with Crippen LogP contribution in [0.25, 0.3) is 0 Å². The van der Waals surface area contributed by atoms with Gasteiger partial charge in [-0.2, -0.15) is 13.2 Å². The number of hydrogen-bond acceptors (Lipinski definition) is 3. The van der Waals surface area contributed by atoms with Crippen molar-refractivity contribution in [1.82, 2.24) is 0 Å². The molecule has 1 aliphatic heterocycles. The molecule has 0 amide bonds. The monoisotopic (exact) mass is 326 g/mol. The highest BCUT2D eigenvalue weighted by atomic mass is 35.5. The van der Waals surface area contributed by atoms with Crippen LogP contribution in [0.1, 0.15) is 16.7 Å². The van der Waals surface area contributed by atoms with Crippen LogP contribution in [0, 0.1) is 0 Å². The van der Waals surface area contributed by atoms with Crippen LogP contribution in [0.15, 0.2) is 47.5 Å². The number of alkyl halides is 3. The quantitative estimate of drug-likeness (QED) is 0.841. The van der Waals surface area contributed by atoms with E-state index >= 15 is 0 Å². The van der Waals surface area contributed by atoms with Gasteiger partial charge in [-0.05, 0) is 35.9 Å². The van der Waals surface area contributed by atoms with Gasteiger partial charge in [-0.1, -0.05) is 23.7 Å². The van der Waals surface area contributed by atoms with Crippen molar-refractivity contribution in [1.29, 1.82) is 0 Å². The number of fused-ring (bicyclic) bond motifs is 1. The molecular weight excluding hydrogens is 317 g/mol. The second-order valence-corrected chi connectivity index (χ2v) is 5.38. The number of nitrogens with two attached hydrogens (primary N) is 1. The fraction of sp³-hybridized carbons (Fsp3) is 0.133. The van der Waals surface area contributed by atoms with Gasteiger partial charge in [-0.15, -0.1) is 0 Å². The first kappa shape index (κ1) is 14.9. The number of benzene rings is 2. The number of nitrogens with zero attached hydrogens (tertiary/aromatic N) is 1. The van der Waals surface area contributed by atoms with Gasteiger partial charge in [-0.25, -0.2) is 4.99 Å². The SMILES string of the molecule is NC1=Nc2ccc(Cl)cc2C1(O)c1ccc(C(F)(F)F)cc1. The van der Waals surface area contributed by atoms with Crippen molar-refractivity contribution in [2.24, 2.45) is 10.7 Å². The summed E-state index contributed by atoms with van der Waals surface area (Å²) in [4.78, 5) is 4.06. The van der Waals surface area contributed by atoms with Crippen molar-refractivity contribution < 1.29 is 18.3 Å². The first-order valence-electron chi connectivity index (χ1n) is 6.27. The van der Waals surface area contributed by atoms with Gasteiger partial charge in [0.25, 0.3) is 0 Å². The Morgan fingerprint density at radius 2 is 1.73 bits per heavy atom. The van der Waals surface area contributed by atoms with Crippen molar-refractivity contribution >= 4 is 23.1 Å². The molecule has 0 saturated heterocycles. The van der Waals surface area contributed by atoms with E-state index in [1.54, 1.807) is 12.1 Å². The Morgan fingerprint density at radius 3 is 2.32 bits per heavy atom. The highest BCUT2D eigenvalue weighted by Gasteiger charge is 2.43. The van der Waals surface area contributed by atoms with E-state index in [2.05, 4.69) is 4.99 Å². The zero-order chi connectivity index (χ0) is 16.1. The fourth-order valence-corrected chi connectivity index (χ4v) is 2.62. The maximum atomic E-state index is 12.6. The minimum atomic E-state index is -4.45. The molecule has 1 aliphatic rings. The predicted octanol–water partition coefficient (Wildman–Crippen LogP) is 3.60. The number of aliphatic imine (C=N–C) groups is 1. The van der Waals surface area contributed by atoms with Gasteiger partial charge in [0, 0.05) is 10.6 Å². The molecule has 0 aromatic heterocycles. The second kappa shape index (κ2) is 4.72. The Balaban J connectivity index is 2.12. The molecule has 114 valence electrons. The van der Waals surface area contributed by atoms with Crippen LogP contribution in [0.5, 0.6) is 0 Å². The second-order valence-electron chi connectivity index (χ2n) is 4.94. The minimum absolute atomic E-state index is 0.107. The van der Waals surface area contributed by atoms with Crippen molar-refractivity contribution in [3.63, 3.8) is 0 Å². The molecule has 3 N–H and O–H groups in total. The first-order chi connectivity index (χ1) is 10.2. The average Bonchev–Trinajstić information content (AvgIpc) is 2.71. The molecule has 7 heteroatoms. The van der Waals surface area contributed by atoms with Gasteiger partial charge in [0.15, 0.2) is 5.60 Å². The van der Waals surface area contributed by atoms with Gasteiger partial charge in [0.05, 0.1) is 11.3 Å². The van der Waals surface area contributed by atoms with Crippen molar-refractivity contribution in [2.45, 2.75) is 11.8 Å². The lowest BCUT2D eigenvalue weighted by Gasteiger charge is -2.25. The summed E-state index contributed by atoms with van der Waals surface area (Å²) in [6.45, 7) is 0. The van der Waals surface area contributed by atoms with Gasteiger partial charge in [0.1, 0.15) is 5.84 Å². The third-order valence-corrected chi connectivity index (χ3v) is 3.83. The molecule has 0 radical (unpaired) electrons. The zero-order valence-electron chi connectivity index (χ0n) is 11.0. The summed E-state index contributed by atoms with van der Waals surface area (Å²) in [6, 6.07) is 8.83. The lowest BCUT2D eigenvalue weighted by molar-refractivity contribution is -0.137. The summed E-state index contributed by atoms with van der Waals surface area (Å²) >= 11 is 5.92. The molecule has 22 heavy (non-hydrogen) atoms. The van der Waals surface area contributed by atoms with Crippen LogP contribution in [0.2, 0.25) is 5.02 Å². The molecule has 0 spiro atoms. The third kappa shape index (κ3) is 2.15. The van der Waals surface area contributed by atoms with E-state index in [-0.39, 0.29) is 11.4 Å². The Bertz CT molecular complexity index is 771. The lowest BCUT2D eigenvalue weighted by Crippen LogP contribution is -2.39. The van der Waals surface area contributed by atoms with E-state index in [9.17, 15) is 18.3 Å². The third-order valence-electron chi connectivity index (χ3n) is 3.59. The number of aliphatic hydroxyl groups is 1. The number of hydrogen-bond donors (Lipinski definition) is 2. The molecule has 0 fully saturated rings. The normalized spacial score (nSPS) is 20.7. The number of rotatable bonds is 1. The highest BCUT2D eigenvalue weighted by Crippen LogP contribution is 2.43. The fourth-order valence-electron chi connectivity index (χ4n) is 2.45. The Labute approximate surface area is 128 Å². The van der Waals surface area contributed by atoms with E-state index in [0.29, 0.717) is 16.3 Å². The van der Waals surface area contributed by atoms with E-state index in [1.807, 2.05) is 0 Å². The van der Waals surface area contributed by atoms with Gasteiger partial charge in [0.2, 0.25) is 0 Å². The number of amidine groups is 1. The maximum absolute atomic E-state index is 12.6. The molecule has 1 atom stereocenters. The van der Waals surface area contributed by atoms with Crippen LogP contribution < -0.4 is 5.73 Å². The summed E-state index contributed by atoms with van der Waals surface area (Å²) in [7, 11) is 0. The number of halogens is 4. The molecule has 0 bridgehead atoms. The van der Waals surface area contributed by atoms with Crippen molar-refractivity contribution in [2.75, 3.05) is 0 Å². The lowest BCUT2D eigenvalue weighted by atomic mass is 9.86. The average molecular weight is 327 g/mol. The van der Waals surface area contributed by atoms with Crippen LogP contribution in [0.4, 0.5) is 18.9 Å². The van der Waals surface area contributed by atoms with Crippen molar-refractivity contribution in [3.05, 3.63) is 64.2 Å². The molecule has 2 aromatic rings. The van der Waals surface area contributed by atoms with Gasteiger partial charge >= 0.3 is 6.18 Å². The van der Waals surface area contributed by atoms with Crippen LogP contribution in [-0.4, -0.2) is 10.9 Å². The smallest absolute Gasteiger partial charge is 0.384 e. The molecule has 0 aliphatic carbocycles. The van der Waals surface area contributed by atoms with E-state index in [0.717, 1.165) is 12.1 Å². The minimum Gasteiger partial charge on any atom is -0.384 e. The van der Waals surface area contributed by atoms with Gasteiger partial charge in [-0.3, -0.25) is 0 Å². The standard InChI is InChI=1S/C15H10ClF3N2O/c16-10-5-6-12-11(7-10)14(22,13(20)21-12)8-1-3-9(4-2-8)15(17,18)19/h1-7,22H,(H2,20,21). The summed E-state index contributed by atoms with van der Waals surface area (Å²) in [5, 5.41) is 11.3. The molecule has 1 heterocycles. The topological polar surface area (TPSA) is 58.6 Å². The largest absolute Gasteiger partial charge is 0.416 e. The zero-order valence-corrected chi connectivity index (χ0v) is 11.8. The first-order valence-corrected chi connectivity index (χ1v) is 6.65. The summed E-state index contributed by atoms with van der Waals surface area (Å²) < 4.78 is 37.9. The molecule has 2 aromatic carbocycles. The van der Waals surface area contributed by atoms with Crippen molar-refractivity contribution in [3.8, 4) is 0 Å². The summed E-state index contributed by atoms with van der Waals surface area (Å²) in [5.41, 5.74) is 4.19.